The van der Waals surface area contributed by atoms with Crippen LogP contribution in [0.15, 0.2) is 56.2 Å². The maximum atomic E-state index is 12.5. The van der Waals surface area contributed by atoms with Crippen LogP contribution in [0.3, 0.4) is 0 Å². The van der Waals surface area contributed by atoms with E-state index in [1.807, 2.05) is 0 Å². The minimum Gasteiger partial charge on any atom is -0.463 e. The summed E-state index contributed by atoms with van der Waals surface area (Å²) in [5.41, 5.74) is 10.0. The third-order valence-electron chi connectivity index (χ3n) is 6.05. The molecule has 1 rings (SSSR count). The molecule has 16 nitrogen and oxygen atoms in total. The van der Waals surface area contributed by atoms with Gasteiger partial charge in [0, 0.05) is 42.8 Å². The summed E-state index contributed by atoms with van der Waals surface area (Å²) < 4.78 is 53.8. The molecule has 0 aromatic heterocycles. The highest BCUT2D eigenvalue weighted by molar-refractivity contribution is 5.81. The first-order valence-electron chi connectivity index (χ1n) is 15.4. The van der Waals surface area contributed by atoms with Gasteiger partial charge in [-0.1, -0.05) is 19.7 Å². The van der Waals surface area contributed by atoms with Crippen molar-refractivity contribution in [1.82, 2.24) is 0 Å². The van der Waals surface area contributed by atoms with Gasteiger partial charge in [0.05, 0.1) is 58.3 Å². The Morgan fingerprint density at radius 3 is 1.31 bits per heavy atom. The molecule has 0 amide bonds. The van der Waals surface area contributed by atoms with Crippen molar-refractivity contribution in [2.24, 2.45) is 16.9 Å². The van der Waals surface area contributed by atoms with Gasteiger partial charge in [0.2, 0.25) is 0 Å². The Morgan fingerprint density at radius 2 is 0.961 bits per heavy atom. The minimum atomic E-state index is -0.952. The summed E-state index contributed by atoms with van der Waals surface area (Å²) in [6.45, 7) is 10.0. The van der Waals surface area contributed by atoms with Crippen LogP contribution in [0.4, 0.5) is 0 Å². The zero-order valence-corrected chi connectivity index (χ0v) is 28.4. The number of aryl methyl sites for hydroxylation is 1. The lowest BCUT2D eigenvalue weighted by molar-refractivity contribution is -0.149. The highest BCUT2D eigenvalue weighted by Gasteiger charge is 2.33. The smallest absolute Gasteiger partial charge is 0.330 e. The molecule has 0 atom stereocenters. The van der Waals surface area contributed by atoms with Crippen LogP contribution in [0.25, 0.3) is 0 Å². The highest BCUT2D eigenvalue weighted by Crippen LogP contribution is 2.24. The second kappa shape index (κ2) is 27.3. The molecule has 1 aromatic carbocycles. The molecule has 0 aliphatic rings. The second-order valence-electron chi connectivity index (χ2n) is 10.1. The van der Waals surface area contributed by atoms with E-state index in [2.05, 4.69) is 44.0 Å². The summed E-state index contributed by atoms with van der Waals surface area (Å²) in [6, 6.07) is 9.10. The fraction of sp³-hybridized carbons (Fsp3) is 0.429. The third kappa shape index (κ3) is 21.2. The van der Waals surface area contributed by atoms with Gasteiger partial charge in [-0.15, -0.1) is 0 Å². The van der Waals surface area contributed by atoms with E-state index in [9.17, 15) is 19.2 Å². The SMILES string of the molecule is C=CC(=O)OCCOCC(COCCOC(=O)C=C)(COCCOC(=O)C=C)COCCOC(=O)CCc1cc(OC#CN)cc(OC#CN)c1. The van der Waals surface area contributed by atoms with Crippen molar-refractivity contribution in [3.63, 3.8) is 0 Å². The first kappa shape index (κ1) is 43.5. The predicted octanol–water partition coefficient (Wildman–Crippen LogP) is 0.915. The largest absolute Gasteiger partial charge is 0.463 e. The quantitative estimate of drug-likeness (QED) is 0.0308. The molecule has 4 N–H and O–H groups in total. The number of rotatable bonds is 28. The van der Waals surface area contributed by atoms with Gasteiger partial charge in [0.1, 0.15) is 50.1 Å². The van der Waals surface area contributed by atoms with Gasteiger partial charge in [-0.05, 0) is 24.1 Å². The Hall–Kier alpha value is -5.52. The summed E-state index contributed by atoms with van der Waals surface area (Å²) in [5, 5.41) is 0. The van der Waals surface area contributed by atoms with Crippen molar-refractivity contribution in [3.8, 4) is 35.8 Å². The van der Waals surface area contributed by atoms with Gasteiger partial charge in [0.15, 0.2) is 0 Å². The molecule has 0 aliphatic heterocycles. The summed E-state index contributed by atoms with van der Waals surface area (Å²) in [7, 11) is 0. The van der Waals surface area contributed by atoms with Crippen molar-refractivity contribution in [1.29, 1.82) is 0 Å². The van der Waals surface area contributed by atoms with E-state index < -0.39 is 29.3 Å². The topological polar surface area (TPSA) is 213 Å². The molecule has 51 heavy (non-hydrogen) atoms. The lowest BCUT2D eigenvalue weighted by Gasteiger charge is -2.33. The minimum absolute atomic E-state index is 0.00282. The van der Waals surface area contributed by atoms with Gasteiger partial charge >= 0.3 is 23.9 Å². The van der Waals surface area contributed by atoms with E-state index >= 15 is 0 Å². The first-order valence-corrected chi connectivity index (χ1v) is 15.4. The van der Waals surface area contributed by atoms with E-state index in [0.29, 0.717) is 17.1 Å². The summed E-state index contributed by atoms with van der Waals surface area (Å²) in [4.78, 5) is 46.6. The monoisotopic (exact) mass is 716 g/mol. The number of ether oxygens (including phenoxy) is 10. The molecule has 0 radical (unpaired) electrons. The molecule has 0 saturated carbocycles. The highest BCUT2D eigenvalue weighted by atomic mass is 16.6. The molecule has 0 fully saturated rings. The number of benzene rings is 1. The van der Waals surface area contributed by atoms with E-state index in [0.717, 1.165) is 18.2 Å². The van der Waals surface area contributed by atoms with Gasteiger partial charge in [-0.2, -0.15) is 0 Å². The Kier molecular flexibility index (Phi) is 23.3. The maximum absolute atomic E-state index is 12.5. The molecule has 0 spiro atoms. The van der Waals surface area contributed by atoms with Gasteiger partial charge < -0.3 is 58.8 Å². The number of hydrogen-bond acceptors (Lipinski definition) is 16. The number of hydrogen-bond donors (Lipinski definition) is 2. The molecule has 16 heteroatoms. The fourth-order valence-electron chi connectivity index (χ4n) is 3.79. The molecule has 0 saturated heterocycles. The van der Waals surface area contributed by atoms with Crippen LogP contribution in [-0.4, -0.2) is 103 Å². The average molecular weight is 717 g/mol. The second-order valence-corrected chi connectivity index (χ2v) is 10.1. The molecular formula is C35H44N2O14. The first-order chi connectivity index (χ1) is 24.7. The van der Waals surface area contributed by atoms with E-state index in [1.54, 1.807) is 12.1 Å². The Bertz CT molecular complexity index is 1290. The number of carbonyl (C=O) groups excluding carboxylic acids is 4. The van der Waals surface area contributed by atoms with Crippen LogP contribution in [-0.2, 0) is 63.5 Å². The van der Waals surface area contributed by atoms with Crippen LogP contribution in [0.5, 0.6) is 11.5 Å². The van der Waals surface area contributed by atoms with Gasteiger partial charge in [0.25, 0.3) is 0 Å². The van der Waals surface area contributed by atoms with Gasteiger partial charge in [-0.3, -0.25) is 4.79 Å². The lowest BCUT2D eigenvalue weighted by atomic mass is 9.92. The van der Waals surface area contributed by atoms with Crippen molar-refractivity contribution in [3.05, 3.63) is 61.7 Å². The van der Waals surface area contributed by atoms with Crippen molar-refractivity contribution in [2.45, 2.75) is 12.8 Å². The molecule has 0 unspecified atom stereocenters. The number of carbonyl (C=O) groups is 4. The summed E-state index contributed by atoms with van der Waals surface area (Å²) in [5.74, 6) is -1.64. The molecule has 0 aliphatic carbocycles. The molecule has 1 aromatic rings. The van der Waals surface area contributed by atoms with Crippen LogP contribution < -0.4 is 20.9 Å². The molecule has 278 valence electrons. The number of nitrogens with two attached hydrogens (primary N) is 2. The number of esters is 4. The average Bonchev–Trinajstić information content (AvgIpc) is 3.14. The van der Waals surface area contributed by atoms with Crippen LogP contribution >= 0.6 is 0 Å². The van der Waals surface area contributed by atoms with E-state index in [1.165, 1.54) is 6.07 Å². The zero-order chi connectivity index (χ0) is 37.6. The van der Waals surface area contributed by atoms with Gasteiger partial charge in [-0.25, -0.2) is 14.4 Å². The van der Waals surface area contributed by atoms with E-state index in [4.69, 9.17) is 58.8 Å². The molecular weight excluding hydrogens is 672 g/mol. The predicted molar refractivity (Wildman–Crippen MR) is 180 cm³/mol. The third-order valence-corrected chi connectivity index (χ3v) is 6.05. The summed E-state index contributed by atoms with van der Waals surface area (Å²) in [6.07, 6.45) is 7.95. The maximum Gasteiger partial charge on any atom is 0.330 e. The normalized spacial score (nSPS) is 10.2. The Balaban J connectivity index is 2.82. The van der Waals surface area contributed by atoms with Crippen LogP contribution in [0.2, 0.25) is 0 Å². The van der Waals surface area contributed by atoms with Crippen LogP contribution in [0.1, 0.15) is 12.0 Å². The molecule has 0 bridgehead atoms. The van der Waals surface area contributed by atoms with Crippen molar-refractivity contribution in [2.75, 3.05) is 79.3 Å². The van der Waals surface area contributed by atoms with E-state index in [-0.39, 0.29) is 92.1 Å². The Morgan fingerprint density at radius 1 is 0.588 bits per heavy atom. The standard InChI is InChI=1S/C35H44N2O14/c1-4-31(38)48-17-13-42-24-35(25-43-14-18-49-32(39)5-2,26-44-15-19-50-33(40)6-3)27-45-16-20-51-34(41)8-7-28-21-29(46-11-9-36)23-30(22-28)47-12-10-37/h4-6,21-23H,1-3,7-8,13-20,24-27,36-37H2. The lowest BCUT2D eigenvalue weighted by Crippen LogP contribution is -2.43. The van der Waals surface area contributed by atoms with Crippen LogP contribution in [0, 0.1) is 29.7 Å². The van der Waals surface area contributed by atoms with Crippen molar-refractivity contribution >= 4 is 23.9 Å². The fourth-order valence-corrected chi connectivity index (χ4v) is 3.79. The zero-order valence-electron chi connectivity index (χ0n) is 28.4. The summed E-state index contributed by atoms with van der Waals surface area (Å²) >= 11 is 0. The van der Waals surface area contributed by atoms with Crippen molar-refractivity contribution < 1.29 is 66.5 Å². The Labute approximate surface area is 296 Å². The molecule has 0 heterocycles.